The van der Waals surface area contributed by atoms with Crippen molar-refractivity contribution in [2.45, 2.75) is 33.6 Å². The number of alkyl halides is 3. The molecule has 0 saturated heterocycles. The van der Waals surface area contributed by atoms with Crippen LogP contribution in [0.5, 0.6) is 5.75 Å². The minimum atomic E-state index is -4.56. The number of amides is 1. The first-order chi connectivity index (χ1) is 13.2. The molecular weight excluding hydrogens is 371 g/mol. The topological polar surface area (TPSA) is 47.6 Å². The normalized spacial score (nSPS) is 11.5. The van der Waals surface area contributed by atoms with E-state index in [9.17, 15) is 18.0 Å². The Bertz CT molecular complexity index is 804. The van der Waals surface area contributed by atoms with Crippen LogP contribution in [0.1, 0.15) is 42.3 Å². The van der Waals surface area contributed by atoms with Crippen LogP contribution in [0.15, 0.2) is 42.5 Å². The summed E-state index contributed by atoms with van der Waals surface area (Å²) in [5.74, 6) is 0.296. The van der Waals surface area contributed by atoms with E-state index in [4.69, 9.17) is 9.47 Å². The van der Waals surface area contributed by atoms with Gasteiger partial charge in [-0.15, -0.1) is 0 Å². The maximum absolute atomic E-state index is 13.1. The number of carbonyl (C=O) groups excluding carboxylic acids is 1. The lowest BCUT2D eigenvalue weighted by Crippen LogP contribution is -2.17. The molecule has 0 aliphatic rings. The molecule has 0 saturated carbocycles. The summed E-state index contributed by atoms with van der Waals surface area (Å²) in [6, 6.07) is 9.59. The highest BCUT2D eigenvalue weighted by molar-refractivity contribution is 6.05. The van der Waals surface area contributed by atoms with Gasteiger partial charge in [0.25, 0.3) is 5.91 Å². The van der Waals surface area contributed by atoms with Crippen molar-refractivity contribution >= 4 is 11.6 Å². The summed E-state index contributed by atoms with van der Waals surface area (Å²) in [5, 5.41) is 2.35. The van der Waals surface area contributed by atoms with Gasteiger partial charge in [0.2, 0.25) is 0 Å². The van der Waals surface area contributed by atoms with Crippen molar-refractivity contribution in [2.75, 3.05) is 18.5 Å². The number of anilines is 1. The number of hydrogen-bond donors (Lipinski definition) is 1. The second kappa shape index (κ2) is 9.59. The van der Waals surface area contributed by atoms with Crippen LogP contribution < -0.4 is 10.1 Å². The van der Waals surface area contributed by atoms with Gasteiger partial charge in [0, 0.05) is 17.7 Å². The lowest BCUT2D eigenvalue weighted by molar-refractivity contribution is -0.136. The quantitative estimate of drug-likeness (QED) is 0.639. The molecule has 0 atom stereocenters. The Morgan fingerprint density at radius 1 is 1.14 bits per heavy atom. The van der Waals surface area contributed by atoms with E-state index in [1.54, 1.807) is 12.1 Å². The van der Waals surface area contributed by atoms with Gasteiger partial charge in [0.05, 0.1) is 24.5 Å². The van der Waals surface area contributed by atoms with E-state index in [0.29, 0.717) is 30.4 Å². The lowest BCUT2D eigenvalue weighted by atomic mass is 10.1. The fraction of sp³-hybridized carbons (Fsp3) is 0.381. The Hall–Kier alpha value is -2.54. The van der Waals surface area contributed by atoms with E-state index in [1.807, 2.05) is 20.8 Å². The Balaban J connectivity index is 2.24. The number of carbonyl (C=O) groups is 1. The second-order valence-corrected chi connectivity index (χ2v) is 6.66. The molecule has 2 rings (SSSR count). The molecule has 7 heteroatoms. The van der Waals surface area contributed by atoms with Crippen LogP contribution in [-0.2, 0) is 17.5 Å². The zero-order valence-electron chi connectivity index (χ0n) is 16.1. The van der Waals surface area contributed by atoms with Crippen molar-refractivity contribution in [1.29, 1.82) is 0 Å². The Morgan fingerprint density at radius 2 is 1.86 bits per heavy atom. The van der Waals surface area contributed by atoms with Crippen LogP contribution in [0.2, 0.25) is 0 Å². The molecule has 0 heterocycles. The third kappa shape index (κ3) is 5.99. The molecule has 0 spiro atoms. The zero-order valence-corrected chi connectivity index (χ0v) is 16.1. The summed E-state index contributed by atoms with van der Waals surface area (Å²) in [5.41, 5.74) is -0.288. The van der Waals surface area contributed by atoms with Crippen molar-refractivity contribution in [3.8, 4) is 5.75 Å². The number of benzene rings is 2. The van der Waals surface area contributed by atoms with Gasteiger partial charge in [0.1, 0.15) is 5.75 Å². The third-order valence-electron chi connectivity index (χ3n) is 3.81. The highest BCUT2D eigenvalue weighted by atomic mass is 19.4. The molecule has 0 aromatic heterocycles. The average molecular weight is 395 g/mol. The molecule has 1 N–H and O–H groups in total. The summed E-state index contributed by atoms with van der Waals surface area (Å²) in [7, 11) is 0. The van der Waals surface area contributed by atoms with Crippen LogP contribution in [0.25, 0.3) is 0 Å². The minimum Gasteiger partial charge on any atom is -0.494 e. The Kier molecular flexibility index (Phi) is 7.45. The number of halogens is 3. The molecule has 0 aliphatic carbocycles. The molecule has 28 heavy (non-hydrogen) atoms. The van der Waals surface area contributed by atoms with Crippen molar-refractivity contribution in [3.63, 3.8) is 0 Å². The monoisotopic (exact) mass is 395 g/mol. The van der Waals surface area contributed by atoms with Gasteiger partial charge in [-0.1, -0.05) is 26.0 Å². The van der Waals surface area contributed by atoms with Crippen LogP contribution >= 0.6 is 0 Å². The van der Waals surface area contributed by atoms with Gasteiger partial charge in [-0.05, 0) is 43.2 Å². The first-order valence-electron chi connectivity index (χ1n) is 9.03. The van der Waals surface area contributed by atoms with E-state index in [2.05, 4.69) is 5.32 Å². The molecule has 2 aromatic rings. The number of para-hydroxylation sites is 1. The fourth-order valence-corrected chi connectivity index (χ4v) is 2.57. The van der Waals surface area contributed by atoms with Crippen molar-refractivity contribution < 1.29 is 27.4 Å². The predicted molar refractivity (Wildman–Crippen MR) is 102 cm³/mol. The lowest BCUT2D eigenvalue weighted by Gasteiger charge is -2.15. The summed E-state index contributed by atoms with van der Waals surface area (Å²) in [4.78, 5) is 12.5. The average Bonchev–Trinajstić information content (AvgIpc) is 2.62. The highest BCUT2D eigenvalue weighted by Gasteiger charge is 2.33. The van der Waals surface area contributed by atoms with Gasteiger partial charge in [-0.3, -0.25) is 4.79 Å². The summed E-state index contributed by atoms with van der Waals surface area (Å²) in [6.45, 7) is 7.11. The number of nitrogens with one attached hydrogen (secondary N) is 1. The van der Waals surface area contributed by atoms with Gasteiger partial charge in [-0.2, -0.15) is 13.2 Å². The van der Waals surface area contributed by atoms with Gasteiger partial charge >= 0.3 is 6.18 Å². The summed E-state index contributed by atoms with van der Waals surface area (Å²) < 4.78 is 50.5. The van der Waals surface area contributed by atoms with Gasteiger partial charge in [-0.25, -0.2) is 0 Å². The predicted octanol–water partition coefficient (Wildman–Crippen LogP) is 5.53. The smallest absolute Gasteiger partial charge is 0.418 e. The Morgan fingerprint density at radius 3 is 2.50 bits per heavy atom. The summed E-state index contributed by atoms with van der Waals surface area (Å²) in [6.07, 6.45) is -4.56. The van der Waals surface area contributed by atoms with Gasteiger partial charge in [0.15, 0.2) is 0 Å². The van der Waals surface area contributed by atoms with Gasteiger partial charge < -0.3 is 14.8 Å². The van der Waals surface area contributed by atoms with E-state index in [0.717, 1.165) is 6.07 Å². The number of hydrogen-bond acceptors (Lipinski definition) is 3. The molecule has 1 amide bonds. The van der Waals surface area contributed by atoms with E-state index < -0.39 is 17.6 Å². The highest BCUT2D eigenvalue weighted by Crippen LogP contribution is 2.34. The zero-order chi connectivity index (χ0) is 20.7. The molecule has 2 aromatic carbocycles. The number of rotatable bonds is 8. The molecule has 4 nitrogen and oxygen atoms in total. The van der Waals surface area contributed by atoms with E-state index in [1.165, 1.54) is 24.3 Å². The molecule has 152 valence electrons. The van der Waals surface area contributed by atoms with Crippen LogP contribution in [0.3, 0.4) is 0 Å². The summed E-state index contributed by atoms with van der Waals surface area (Å²) >= 11 is 0. The molecule has 0 radical (unpaired) electrons. The van der Waals surface area contributed by atoms with E-state index >= 15 is 0 Å². The third-order valence-corrected chi connectivity index (χ3v) is 3.81. The van der Waals surface area contributed by atoms with Crippen molar-refractivity contribution in [2.24, 2.45) is 5.92 Å². The molecule has 0 aliphatic heterocycles. The number of ether oxygens (including phenoxy) is 2. The minimum absolute atomic E-state index is 0.226. The maximum Gasteiger partial charge on any atom is 0.418 e. The first kappa shape index (κ1) is 21.8. The van der Waals surface area contributed by atoms with Crippen LogP contribution in [0, 0.1) is 5.92 Å². The molecule has 0 bridgehead atoms. The molecule has 0 fully saturated rings. The second-order valence-electron chi connectivity index (χ2n) is 6.66. The van der Waals surface area contributed by atoms with Crippen LogP contribution in [-0.4, -0.2) is 19.1 Å². The molecular formula is C21H24F3NO3. The fourth-order valence-electron chi connectivity index (χ4n) is 2.57. The standard InChI is InChI=1S/C21H24F3NO3/c1-4-28-19-10-9-15(11-16(19)13-27-12-14(2)3)20(26)25-18-8-6-5-7-17(18)21(22,23)24/h5-11,14H,4,12-13H2,1-3H3,(H,25,26). The maximum atomic E-state index is 13.1. The van der Waals surface area contributed by atoms with Crippen molar-refractivity contribution in [3.05, 3.63) is 59.2 Å². The largest absolute Gasteiger partial charge is 0.494 e. The van der Waals surface area contributed by atoms with E-state index in [-0.39, 0.29) is 17.9 Å². The Labute approximate surface area is 162 Å². The molecule has 0 unspecified atom stereocenters. The first-order valence-corrected chi connectivity index (χ1v) is 9.03. The van der Waals surface area contributed by atoms with Crippen LogP contribution in [0.4, 0.5) is 18.9 Å². The SMILES string of the molecule is CCOc1ccc(C(=O)Nc2ccccc2C(F)(F)F)cc1COCC(C)C. The van der Waals surface area contributed by atoms with Crippen molar-refractivity contribution in [1.82, 2.24) is 0 Å².